The Morgan fingerprint density at radius 3 is 2.33 bits per heavy atom. The van der Waals surface area contributed by atoms with E-state index in [1.54, 1.807) is 15.5 Å². The van der Waals surface area contributed by atoms with Crippen LogP contribution in [0.2, 0.25) is 0 Å². The van der Waals surface area contributed by atoms with Gasteiger partial charge in [-0.15, -0.1) is 0 Å². The van der Waals surface area contributed by atoms with Crippen molar-refractivity contribution in [1.29, 1.82) is 0 Å². The third-order valence-corrected chi connectivity index (χ3v) is 8.12. The molecule has 0 spiro atoms. The molecule has 4 rings (SSSR count). The van der Waals surface area contributed by atoms with Gasteiger partial charge in [0.2, 0.25) is 5.91 Å². The number of amides is 2. The van der Waals surface area contributed by atoms with Crippen LogP contribution in [0.4, 0.5) is 0 Å². The molecule has 2 amide bonds. The number of fused-ring (bicyclic) bond motifs is 3. The van der Waals surface area contributed by atoms with Gasteiger partial charge in [-0.25, -0.2) is 0 Å². The first-order valence-corrected chi connectivity index (χ1v) is 13.8. The summed E-state index contributed by atoms with van der Waals surface area (Å²) in [5.74, 6) is -0.483. The number of ether oxygens (including phenoxy) is 2. The molecule has 2 fully saturated rings. The van der Waals surface area contributed by atoms with E-state index in [1.165, 1.54) is 21.1 Å². The molecule has 3 heterocycles. The molecule has 0 saturated carbocycles. The average molecular weight is 543 g/mol. The number of carbonyl (C=O) groups excluding carboxylic acids is 2. The predicted molar refractivity (Wildman–Crippen MR) is 149 cm³/mol. The van der Waals surface area contributed by atoms with Crippen LogP contribution in [0.3, 0.4) is 0 Å². The highest BCUT2D eigenvalue weighted by Crippen LogP contribution is 2.36. The number of piperidine rings is 1. The predicted octanol–water partition coefficient (Wildman–Crippen LogP) is 2.14. The van der Waals surface area contributed by atoms with Crippen molar-refractivity contribution in [2.75, 3.05) is 33.9 Å². The Kier molecular flexibility index (Phi) is 9.43. The van der Waals surface area contributed by atoms with Crippen molar-refractivity contribution in [3.63, 3.8) is 0 Å². The quantitative estimate of drug-likeness (QED) is 0.418. The van der Waals surface area contributed by atoms with Gasteiger partial charge in [-0.05, 0) is 57.0 Å². The number of aliphatic hydroxyl groups is 1. The van der Waals surface area contributed by atoms with Crippen LogP contribution in [-0.2, 0) is 14.3 Å². The summed E-state index contributed by atoms with van der Waals surface area (Å²) in [5, 5.41) is 14.9. The van der Waals surface area contributed by atoms with E-state index in [2.05, 4.69) is 10.2 Å². The van der Waals surface area contributed by atoms with Crippen LogP contribution in [0.15, 0.2) is 35.1 Å². The number of nitrogens with one attached hydrogen (secondary N) is 1. The number of methoxy groups -OCH3 is 2. The Morgan fingerprint density at radius 1 is 1.10 bits per heavy atom. The maximum Gasteiger partial charge on any atom is 0.264 e. The van der Waals surface area contributed by atoms with E-state index in [0.717, 1.165) is 36.6 Å². The number of rotatable bonds is 11. The Bertz CT molecular complexity index is 1210. The molecule has 4 atom stereocenters. The van der Waals surface area contributed by atoms with Crippen LogP contribution in [0, 0.1) is 0 Å². The zero-order valence-corrected chi connectivity index (χ0v) is 23.6. The first-order chi connectivity index (χ1) is 18.6. The summed E-state index contributed by atoms with van der Waals surface area (Å²) in [6.45, 7) is 6.25. The summed E-state index contributed by atoms with van der Waals surface area (Å²) in [5.41, 5.74) is 0.716. The van der Waals surface area contributed by atoms with Crippen LogP contribution in [0.5, 0.6) is 0 Å². The number of aromatic nitrogens is 1. The molecule has 0 radical (unpaired) electrons. The summed E-state index contributed by atoms with van der Waals surface area (Å²) in [7, 11) is 3.03. The fraction of sp³-hybridized carbons (Fsp3) is 0.621. The first-order valence-electron chi connectivity index (χ1n) is 13.8. The maximum atomic E-state index is 13.3. The summed E-state index contributed by atoms with van der Waals surface area (Å²) in [6, 6.07) is 9.67. The van der Waals surface area contributed by atoms with Crippen molar-refractivity contribution in [3.8, 4) is 0 Å². The smallest absolute Gasteiger partial charge is 0.264 e. The standard InChI is InChI=1S/C29H42N4O6/c1-18(2)33-26-9-7-6-8-20(26)12-25(29(33)37)28(36)30-21-13-22-10-11-23(14-21)32(22)16-24(35)15-31(19(3)34)17-27(38-4)39-5/h6-9,12,18,21-24,27,35H,10-11,13-17H2,1-5H3,(H,30,36)/t21?,22-,23+,24?. The normalized spacial score (nSPS) is 22.0. The molecule has 2 aromatic rings. The van der Waals surface area contributed by atoms with E-state index in [9.17, 15) is 19.5 Å². The Hall–Kier alpha value is -2.79. The molecule has 2 aliphatic heterocycles. The average Bonchev–Trinajstić information content (AvgIpc) is 3.12. The topological polar surface area (TPSA) is 113 Å². The molecule has 2 bridgehead atoms. The maximum absolute atomic E-state index is 13.3. The van der Waals surface area contributed by atoms with E-state index >= 15 is 0 Å². The van der Waals surface area contributed by atoms with Crippen LogP contribution in [0.25, 0.3) is 10.9 Å². The third-order valence-electron chi connectivity index (χ3n) is 8.12. The molecule has 2 N–H and O–H groups in total. The lowest BCUT2D eigenvalue weighted by molar-refractivity contribution is -0.146. The van der Waals surface area contributed by atoms with E-state index in [-0.39, 0.29) is 60.2 Å². The minimum Gasteiger partial charge on any atom is -0.390 e. The van der Waals surface area contributed by atoms with Crippen LogP contribution < -0.4 is 10.9 Å². The molecule has 2 aliphatic rings. The number of carbonyl (C=O) groups is 2. The molecule has 214 valence electrons. The van der Waals surface area contributed by atoms with Crippen molar-refractivity contribution in [2.45, 2.75) is 83.0 Å². The monoisotopic (exact) mass is 542 g/mol. The number of pyridine rings is 1. The molecular formula is C29H42N4O6. The SMILES string of the molecule is COC(CN(CC(O)CN1[C@@H]2CC[C@H]1CC(NC(=O)c1cc3ccccc3n(C(C)C)c1=O)C2)C(C)=O)OC. The van der Waals surface area contributed by atoms with Crippen molar-refractivity contribution < 1.29 is 24.2 Å². The van der Waals surface area contributed by atoms with Crippen molar-refractivity contribution in [3.05, 3.63) is 46.2 Å². The van der Waals surface area contributed by atoms with Gasteiger partial charge in [-0.3, -0.25) is 19.3 Å². The van der Waals surface area contributed by atoms with Gasteiger partial charge in [0.05, 0.1) is 18.2 Å². The van der Waals surface area contributed by atoms with E-state index in [0.29, 0.717) is 6.54 Å². The zero-order valence-electron chi connectivity index (χ0n) is 23.6. The van der Waals surface area contributed by atoms with Gasteiger partial charge >= 0.3 is 0 Å². The summed E-state index contributed by atoms with van der Waals surface area (Å²) in [6.07, 6.45) is 2.23. The summed E-state index contributed by atoms with van der Waals surface area (Å²) in [4.78, 5) is 42.6. The van der Waals surface area contributed by atoms with Crippen LogP contribution in [0.1, 0.15) is 62.9 Å². The lowest BCUT2D eigenvalue weighted by atomic mass is 9.96. The fourth-order valence-corrected chi connectivity index (χ4v) is 6.23. The van der Waals surface area contributed by atoms with E-state index < -0.39 is 12.4 Å². The van der Waals surface area contributed by atoms with Crippen molar-refractivity contribution in [2.24, 2.45) is 0 Å². The highest BCUT2D eigenvalue weighted by molar-refractivity contribution is 5.97. The van der Waals surface area contributed by atoms with E-state index in [1.807, 2.05) is 38.1 Å². The number of hydrogen-bond donors (Lipinski definition) is 2. The number of nitrogens with zero attached hydrogens (tertiary/aromatic N) is 3. The van der Waals surface area contributed by atoms with Gasteiger partial charge in [-0.2, -0.15) is 0 Å². The third kappa shape index (κ3) is 6.51. The van der Waals surface area contributed by atoms with Crippen LogP contribution >= 0.6 is 0 Å². The van der Waals surface area contributed by atoms with Gasteiger partial charge in [0.15, 0.2) is 6.29 Å². The van der Waals surface area contributed by atoms with Crippen LogP contribution in [-0.4, -0.2) is 95.7 Å². The summed E-state index contributed by atoms with van der Waals surface area (Å²) < 4.78 is 12.1. The Labute approximate surface area is 229 Å². The molecule has 10 heteroatoms. The van der Waals surface area contributed by atoms with E-state index in [4.69, 9.17) is 9.47 Å². The number of para-hydroxylation sites is 1. The number of aliphatic hydroxyl groups excluding tert-OH is 1. The molecule has 2 unspecified atom stereocenters. The Morgan fingerprint density at radius 2 is 1.74 bits per heavy atom. The van der Waals surface area contributed by atoms with Crippen molar-refractivity contribution in [1.82, 2.24) is 19.7 Å². The van der Waals surface area contributed by atoms with Gasteiger partial charge < -0.3 is 29.4 Å². The second-order valence-electron chi connectivity index (χ2n) is 11.1. The highest BCUT2D eigenvalue weighted by atomic mass is 16.7. The minimum atomic E-state index is -0.718. The number of benzene rings is 1. The second-order valence-corrected chi connectivity index (χ2v) is 11.1. The first kappa shape index (κ1) is 29.2. The zero-order chi connectivity index (χ0) is 28.3. The second kappa shape index (κ2) is 12.6. The molecule has 39 heavy (non-hydrogen) atoms. The molecule has 2 saturated heterocycles. The molecular weight excluding hydrogens is 500 g/mol. The minimum absolute atomic E-state index is 0.0420. The van der Waals surface area contributed by atoms with Gasteiger partial charge in [0.1, 0.15) is 5.56 Å². The van der Waals surface area contributed by atoms with Gasteiger partial charge in [-0.1, -0.05) is 18.2 Å². The number of hydrogen-bond acceptors (Lipinski definition) is 7. The van der Waals surface area contributed by atoms with Gasteiger partial charge in [0.25, 0.3) is 11.5 Å². The molecule has 0 aliphatic carbocycles. The lowest BCUT2D eigenvalue weighted by Crippen LogP contribution is -2.54. The lowest BCUT2D eigenvalue weighted by Gasteiger charge is -2.40. The van der Waals surface area contributed by atoms with Gasteiger partial charge in [0, 0.05) is 58.4 Å². The fourth-order valence-electron chi connectivity index (χ4n) is 6.23. The largest absolute Gasteiger partial charge is 0.390 e. The summed E-state index contributed by atoms with van der Waals surface area (Å²) >= 11 is 0. The molecule has 1 aromatic heterocycles. The molecule has 1 aromatic carbocycles. The Balaban J connectivity index is 1.40. The molecule has 10 nitrogen and oxygen atoms in total. The van der Waals surface area contributed by atoms with Crippen molar-refractivity contribution >= 4 is 22.7 Å². The highest BCUT2D eigenvalue weighted by Gasteiger charge is 2.42.